The molecule has 0 fully saturated rings. The number of carbonyl (C=O) groups is 1. The maximum absolute atomic E-state index is 12.0. The molecule has 172 valence electrons. The van der Waals surface area contributed by atoms with Gasteiger partial charge in [-0.1, -0.05) is 6.92 Å². The SMILES string of the molecule is CCCC(=O)Nc1cncc(-c2ccc3[nH]nc(-c4cc5c(-c6ccoc6)ccnc5[nH]4)c3n2)c1. The van der Waals surface area contributed by atoms with Crippen LogP contribution in [0.1, 0.15) is 19.8 Å². The molecule has 6 aromatic heterocycles. The Labute approximate surface area is 199 Å². The summed E-state index contributed by atoms with van der Waals surface area (Å²) in [7, 11) is 0. The fraction of sp³-hybridized carbons (Fsp3) is 0.115. The number of rotatable bonds is 6. The van der Waals surface area contributed by atoms with Crippen molar-refractivity contribution in [3.8, 4) is 33.8 Å². The van der Waals surface area contributed by atoms with Gasteiger partial charge in [0, 0.05) is 35.3 Å². The number of amides is 1. The summed E-state index contributed by atoms with van der Waals surface area (Å²) >= 11 is 0. The van der Waals surface area contributed by atoms with Gasteiger partial charge in [-0.3, -0.25) is 14.9 Å². The molecule has 6 aromatic rings. The average Bonchev–Trinajstić information content (AvgIpc) is 3.63. The summed E-state index contributed by atoms with van der Waals surface area (Å²) in [5.41, 5.74) is 7.96. The van der Waals surface area contributed by atoms with Crippen LogP contribution in [0.2, 0.25) is 0 Å². The summed E-state index contributed by atoms with van der Waals surface area (Å²) in [4.78, 5) is 29.0. The predicted octanol–water partition coefficient (Wildman–Crippen LogP) is 5.56. The third-order valence-corrected chi connectivity index (χ3v) is 5.82. The molecule has 6 rings (SSSR count). The first-order valence-electron chi connectivity index (χ1n) is 11.3. The first-order chi connectivity index (χ1) is 17.2. The van der Waals surface area contributed by atoms with E-state index < -0.39 is 0 Å². The molecule has 9 nitrogen and oxygen atoms in total. The highest BCUT2D eigenvalue weighted by molar-refractivity contribution is 5.99. The second-order valence-corrected chi connectivity index (χ2v) is 8.24. The Hall–Kier alpha value is -4.79. The largest absolute Gasteiger partial charge is 0.472 e. The number of nitrogens with one attached hydrogen (secondary N) is 3. The summed E-state index contributed by atoms with van der Waals surface area (Å²) in [6.45, 7) is 1.97. The molecule has 0 aliphatic rings. The van der Waals surface area contributed by atoms with E-state index in [1.54, 1.807) is 31.1 Å². The Morgan fingerprint density at radius 2 is 2.06 bits per heavy atom. The molecule has 9 heteroatoms. The molecule has 0 radical (unpaired) electrons. The lowest BCUT2D eigenvalue weighted by molar-refractivity contribution is -0.116. The molecule has 0 atom stereocenters. The number of aromatic amines is 2. The molecule has 0 unspecified atom stereocenters. The molecule has 6 heterocycles. The van der Waals surface area contributed by atoms with Gasteiger partial charge >= 0.3 is 0 Å². The van der Waals surface area contributed by atoms with Crippen molar-refractivity contribution in [2.75, 3.05) is 5.32 Å². The number of hydrogen-bond donors (Lipinski definition) is 3. The minimum atomic E-state index is -0.0332. The third kappa shape index (κ3) is 3.82. The molecular weight excluding hydrogens is 442 g/mol. The number of aromatic nitrogens is 6. The number of anilines is 1. The molecular formula is C26H21N7O2. The monoisotopic (exact) mass is 463 g/mol. The first kappa shape index (κ1) is 20.8. The van der Waals surface area contributed by atoms with Gasteiger partial charge in [0.2, 0.25) is 5.91 Å². The molecule has 3 N–H and O–H groups in total. The van der Waals surface area contributed by atoms with Gasteiger partial charge in [-0.05, 0) is 48.4 Å². The standard InChI is InChI=1S/C26H21N7O2/c1-2-3-23(34)29-17-10-16(12-27-13-17)20-4-5-21-24(30-20)25(33-32-21)22-11-19-18(15-7-9-35-14-15)6-8-28-26(19)31-22/h4-14H,2-3H2,1H3,(H,28,31)(H,29,34)(H,32,33). The van der Waals surface area contributed by atoms with Crippen molar-refractivity contribution in [3.63, 3.8) is 0 Å². The van der Waals surface area contributed by atoms with E-state index in [9.17, 15) is 4.79 Å². The van der Waals surface area contributed by atoms with Crippen molar-refractivity contribution in [2.45, 2.75) is 19.8 Å². The van der Waals surface area contributed by atoms with Gasteiger partial charge in [0.25, 0.3) is 0 Å². The maximum Gasteiger partial charge on any atom is 0.224 e. The average molecular weight is 464 g/mol. The van der Waals surface area contributed by atoms with E-state index >= 15 is 0 Å². The lowest BCUT2D eigenvalue weighted by Gasteiger charge is -2.06. The van der Waals surface area contributed by atoms with Gasteiger partial charge < -0.3 is 14.7 Å². The number of furan rings is 1. The number of hydrogen-bond acceptors (Lipinski definition) is 6. The molecule has 0 saturated heterocycles. The second kappa shape index (κ2) is 8.53. The maximum atomic E-state index is 12.0. The van der Waals surface area contributed by atoms with E-state index in [-0.39, 0.29) is 5.91 Å². The second-order valence-electron chi connectivity index (χ2n) is 8.24. The van der Waals surface area contributed by atoms with Crippen LogP contribution in [0.15, 0.2) is 71.9 Å². The van der Waals surface area contributed by atoms with Crippen molar-refractivity contribution in [2.24, 2.45) is 0 Å². The van der Waals surface area contributed by atoms with E-state index in [1.807, 2.05) is 43.3 Å². The zero-order valence-electron chi connectivity index (χ0n) is 18.9. The summed E-state index contributed by atoms with van der Waals surface area (Å²) in [6.07, 6.45) is 9.75. The van der Waals surface area contributed by atoms with Crippen LogP contribution >= 0.6 is 0 Å². The van der Waals surface area contributed by atoms with Crippen LogP contribution in [0.25, 0.3) is 55.8 Å². The lowest BCUT2D eigenvalue weighted by Crippen LogP contribution is -2.10. The molecule has 0 aliphatic carbocycles. The molecule has 35 heavy (non-hydrogen) atoms. The predicted molar refractivity (Wildman–Crippen MR) is 133 cm³/mol. The van der Waals surface area contributed by atoms with E-state index in [4.69, 9.17) is 9.40 Å². The number of fused-ring (bicyclic) bond motifs is 2. The zero-order valence-corrected chi connectivity index (χ0v) is 18.9. The highest BCUT2D eigenvalue weighted by atomic mass is 16.3. The highest BCUT2D eigenvalue weighted by Crippen LogP contribution is 2.33. The summed E-state index contributed by atoms with van der Waals surface area (Å²) in [5.74, 6) is -0.0332. The number of H-pyrrole nitrogens is 2. The Bertz CT molecular complexity index is 1660. The molecule has 1 amide bonds. The van der Waals surface area contributed by atoms with Crippen LogP contribution in [0.4, 0.5) is 5.69 Å². The van der Waals surface area contributed by atoms with Crippen molar-refractivity contribution in [1.29, 1.82) is 0 Å². The van der Waals surface area contributed by atoms with Crippen molar-refractivity contribution in [1.82, 2.24) is 30.1 Å². The van der Waals surface area contributed by atoms with E-state index in [1.165, 1.54) is 0 Å². The quantitative estimate of drug-likeness (QED) is 0.297. The van der Waals surface area contributed by atoms with E-state index in [0.717, 1.165) is 56.6 Å². The molecule has 0 saturated carbocycles. The molecule has 0 bridgehead atoms. The molecule has 0 aromatic carbocycles. The van der Waals surface area contributed by atoms with E-state index in [2.05, 4.69) is 30.5 Å². The Kier molecular flexibility index (Phi) is 5.07. The van der Waals surface area contributed by atoms with Gasteiger partial charge in [-0.15, -0.1) is 0 Å². The van der Waals surface area contributed by atoms with Gasteiger partial charge in [0.15, 0.2) is 0 Å². The number of nitrogens with zero attached hydrogens (tertiary/aromatic N) is 4. The van der Waals surface area contributed by atoms with Crippen molar-refractivity contribution in [3.05, 3.63) is 67.5 Å². The van der Waals surface area contributed by atoms with Crippen LogP contribution in [0, 0.1) is 0 Å². The van der Waals surface area contributed by atoms with Gasteiger partial charge in [-0.2, -0.15) is 5.10 Å². The fourth-order valence-electron chi connectivity index (χ4n) is 4.17. The van der Waals surface area contributed by atoms with Gasteiger partial charge in [0.05, 0.1) is 41.3 Å². The summed E-state index contributed by atoms with van der Waals surface area (Å²) in [6, 6.07) is 11.6. The van der Waals surface area contributed by atoms with Crippen molar-refractivity contribution >= 4 is 33.7 Å². The first-order valence-corrected chi connectivity index (χ1v) is 11.3. The Balaban J connectivity index is 1.40. The van der Waals surface area contributed by atoms with Crippen LogP contribution in [-0.2, 0) is 4.79 Å². The molecule has 0 aliphatic heterocycles. The minimum absolute atomic E-state index is 0.0332. The minimum Gasteiger partial charge on any atom is -0.472 e. The Morgan fingerprint density at radius 1 is 1.11 bits per heavy atom. The van der Waals surface area contributed by atoms with Gasteiger partial charge in [-0.25, -0.2) is 9.97 Å². The van der Waals surface area contributed by atoms with E-state index in [0.29, 0.717) is 17.8 Å². The zero-order chi connectivity index (χ0) is 23.8. The van der Waals surface area contributed by atoms with Crippen molar-refractivity contribution < 1.29 is 9.21 Å². The number of pyridine rings is 3. The summed E-state index contributed by atoms with van der Waals surface area (Å²) in [5, 5.41) is 11.4. The van der Waals surface area contributed by atoms with Gasteiger partial charge in [0.1, 0.15) is 16.9 Å². The smallest absolute Gasteiger partial charge is 0.224 e. The lowest BCUT2D eigenvalue weighted by atomic mass is 10.1. The fourth-order valence-corrected chi connectivity index (χ4v) is 4.17. The topological polar surface area (TPSA) is 125 Å². The van der Waals surface area contributed by atoms with Crippen LogP contribution in [0.5, 0.6) is 0 Å². The van der Waals surface area contributed by atoms with Crippen LogP contribution in [0.3, 0.4) is 0 Å². The normalized spacial score (nSPS) is 11.3. The summed E-state index contributed by atoms with van der Waals surface area (Å²) < 4.78 is 5.27. The Morgan fingerprint density at radius 3 is 2.91 bits per heavy atom. The van der Waals surface area contributed by atoms with Crippen LogP contribution < -0.4 is 5.32 Å². The van der Waals surface area contributed by atoms with Crippen LogP contribution in [-0.4, -0.2) is 36.0 Å². The number of carbonyl (C=O) groups excluding carboxylic acids is 1. The third-order valence-electron chi connectivity index (χ3n) is 5.82. The molecule has 0 spiro atoms. The highest BCUT2D eigenvalue weighted by Gasteiger charge is 2.16.